The molecule has 26 heavy (non-hydrogen) atoms. The highest BCUT2D eigenvalue weighted by atomic mass is 32.1. The number of hydrogen-bond acceptors (Lipinski definition) is 6. The van der Waals surface area contributed by atoms with Gasteiger partial charge in [0.05, 0.1) is 21.7 Å². The van der Waals surface area contributed by atoms with E-state index in [1.54, 1.807) is 23.8 Å². The Labute approximate surface area is 156 Å². The number of benzene rings is 1. The van der Waals surface area contributed by atoms with E-state index in [0.29, 0.717) is 23.5 Å². The summed E-state index contributed by atoms with van der Waals surface area (Å²) < 4.78 is 7.70. The highest BCUT2D eigenvalue weighted by Gasteiger charge is 2.12. The third-order valence-electron chi connectivity index (χ3n) is 3.53. The van der Waals surface area contributed by atoms with Crippen LogP contribution in [0.3, 0.4) is 0 Å². The van der Waals surface area contributed by atoms with Crippen LogP contribution < -0.4 is 4.80 Å². The first-order valence-corrected chi connectivity index (χ1v) is 9.35. The fraction of sp³-hybridized carbons (Fsp3) is 0.176. The molecule has 0 aliphatic heterocycles. The fourth-order valence-corrected chi connectivity index (χ4v) is 3.99. The first-order chi connectivity index (χ1) is 12.6. The van der Waals surface area contributed by atoms with E-state index in [4.69, 9.17) is 4.74 Å². The Bertz CT molecular complexity index is 1030. The molecule has 3 rings (SSSR count). The van der Waals surface area contributed by atoms with Gasteiger partial charge in [0.1, 0.15) is 0 Å². The van der Waals surface area contributed by atoms with Crippen LogP contribution in [-0.2, 0) is 16.1 Å². The van der Waals surface area contributed by atoms with Crippen LogP contribution in [0.5, 0.6) is 0 Å². The quantitative estimate of drug-likeness (QED) is 0.367. The number of carbonyl (C=O) groups excluding carboxylic acids is 1. The van der Waals surface area contributed by atoms with Gasteiger partial charge in [-0.3, -0.25) is 14.9 Å². The summed E-state index contributed by atoms with van der Waals surface area (Å²) in [6.07, 6.45) is 3.13. The van der Waals surface area contributed by atoms with E-state index in [1.807, 2.05) is 17.5 Å². The molecule has 0 saturated carbocycles. The Balaban J connectivity index is 2.02. The van der Waals surface area contributed by atoms with E-state index < -0.39 is 4.92 Å². The monoisotopic (exact) mass is 389 g/mol. The first-order valence-electron chi connectivity index (χ1n) is 7.65. The maximum atomic E-state index is 12.2. The van der Waals surface area contributed by atoms with Gasteiger partial charge in [-0.1, -0.05) is 17.4 Å². The normalized spacial score (nSPS) is 12.3. The van der Waals surface area contributed by atoms with Crippen LogP contribution >= 0.6 is 22.7 Å². The molecule has 2 heterocycles. The minimum Gasteiger partial charge on any atom is -0.383 e. The number of nitro benzene ring substituents is 1. The molecule has 0 unspecified atom stereocenters. The van der Waals surface area contributed by atoms with Crippen molar-refractivity contribution in [2.75, 3.05) is 13.7 Å². The van der Waals surface area contributed by atoms with Crippen LogP contribution in [0.2, 0.25) is 0 Å². The molecule has 0 spiro atoms. The molecule has 0 radical (unpaired) electrons. The van der Waals surface area contributed by atoms with Crippen molar-refractivity contribution in [3.05, 3.63) is 61.6 Å². The van der Waals surface area contributed by atoms with Gasteiger partial charge in [0, 0.05) is 36.7 Å². The Morgan fingerprint density at radius 1 is 1.42 bits per heavy atom. The highest BCUT2D eigenvalue weighted by molar-refractivity contribution is 7.16. The Hall–Kier alpha value is -2.62. The van der Waals surface area contributed by atoms with Gasteiger partial charge >= 0.3 is 0 Å². The molecular formula is C17H15N3O4S2. The van der Waals surface area contributed by atoms with E-state index in [0.717, 1.165) is 9.58 Å². The van der Waals surface area contributed by atoms with Gasteiger partial charge in [0.15, 0.2) is 4.80 Å². The molecule has 0 N–H and O–H groups in total. The SMILES string of the molecule is COCCn1c(=NC(=O)C=Cc2cccs2)sc2ccc([N+](=O)[O-])cc21. The molecule has 0 saturated heterocycles. The van der Waals surface area contributed by atoms with Crippen molar-refractivity contribution in [1.82, 2.24) is 4.57 Å². The number of thiophene rings is 1. The average Bonchev–Trinajstić information content (AvgIpc) is 3.25. The zero-order valence-corrected chi connectivity index (χ0v) is 15.5. The molecule has 7 nitrogen and oxygen atoms in total. The molecule has 1 amide bonds. The Kier molecular flexibility index (Phi) is 5.71. The molecule has 0 atom stereocenters. The van der Waals surface area contributed by atoms with Crippen LogP contribution in [0.1, 0.15) is 4.88 Å². The summed E-state index contributed by atoms with van der Waals surface area (Å²) in [6, 6.07) is 8.43. The summed E-state index contributed by atoms with van der Waals surface area (Å²) in [5, 5.41) is 13.0. The second-order valence-corrected chi connectivity index (χ2v) is 7.23. The molecule has 3 aromatic rings. The summed E-state index contributed by atoms with van der Waals surface area (Å²) in [4.78, 5) is 28.4. The lowest BCUT2D eigenvalue weighted by Gasteiger charge is -2.03. The summed E-state index contributed by atoms with van der Waals surface area (Å²) in [6.45, 7) is 0.847. The highest BCUT2D eigenvalue weighted by Crippen LogP contribution is 2.23. The number of amides is 1. The number of thiazole rings is 1. The van der Waals surface area contributed by atoms with Crippen LogP contribution in [0, 0.1) is 10.1 Å². The van der Waals surface area contributed by atoms with Gasteiger partial charge in [-0.25, -0.2) is 0 Å². The fourth-order valence-electron chi connectivity index (χ4n) is 2.33. The standard InChI is InChI=1S/C17H15N3O4S2/c1-24-9-8-19-14-11-12(20(22)23)4-6-15(14)26-17(19)18-16(21)7-5-13-3-2-10-25-13/h2-7,10-11H,8-9H2,1H3. The third-order valence-corrected chi connectivity index (χ3v) is 5.43. The van der Waals surface area contributed by atoms with Crippen molar-refractivity contribution in [2.24, 2.45) is 4.99 Å². The maximum absolute atomic E-state index is 12.2. The molecular weight excluding hydrogens is 374 g/mol. The summed E-state index contributed by atoms with van der Waals surface area (Å²) >= 11 is 2.84. The van der Waals surface area contributed by atoms with Crippen LogP contribution in [0.15, 0.2) is 46.8 Å². The van der Waals surface area contributed by atoms with Gasteiger partial charge < -0.3 is 9.30 Å². The number of non-ortho nitro benzene ring substituents is 1. The van der Waals surface area contributed by atoms with Crippen LogP contribution in [0.4, 0.5) is 5.69 Å². The maximum Gasteiger partial charge on any atom is 0.272 e. The van der Waals surface area contributed by atoms with Crippen molar-refractivity contribution in [3.63, 3.8) is 0 Å². The predicted octanol–water partition coefficient (Wildman–Crippen LogP) is 3.46. The summed E-state index contributed by atoms with van der Waals surface area (Å²) in [5.41, 5.74) is 0.659. The van der Waals surface area contributed by atoms with Crippen molar-refractivity contribution in [2.45, 2.75) is 6.54 Å². The Morgan fingerprint density at radius 2 is 2.27 bits per heavy atom. The number of carbonyl (C=O) groups is 1. The van der Waals surface area contributed by atoms with E-state index in [2.05, 4.69) is 4.99 Å². The number of hydrogen-bond donors (Lipinski definition) is 0. The number of methoxy groups -OCH3 is 1. The van der Waals surface area contributed by atoms with Gasteiger partial charge in [-0.2, -0.15) is 4.99 Å². The van der Waals surface area contributed by atoms with E-state index in [-0.39, 0.29) is 11.6 Å². The third kappa shape index (κ3) is 4.13. The van der Waals surface area contributed by atoms with Gasteiger partial charge in [-0.15, -0.1) is 11.3 Å². The second kappa shape index (κ2) is 8.17. The molecule has 1 aromatic carbocycles. The van der Waals surface area contributed by atoms with Crippen molar-refractivity contribution in [3.8, 4) is 0 Å². The zero-order valence-electron chi connectivity index (χ0n) is 13.8. The molecule has 2 aromatic heterocycles. The number of rotatable bonds is 6. The lowest BCUT2D eigenvalue weighted by Crippen LogP contribution is -2.19. The van der Waals surface area contributed by atoms with Gasteiger partial charge in [-0.05, 0) is 23.6 Å². The molecule has 0 fully saturated rings. The lowest BCUT2D eigenvalue weighted by molar-refractivity contribution is -0.384. The van der Waals surface area contributed by atoms with Crippen LogP contribution in [0.25, 0.3) is 16.3 Å². The minimum atomic E-state index is -0.441. The summed E-state index contributed by atoms with van der Waals surface area (Å²) in [7, 11) is 1.57. The first kappa shape index (κ1) is 18.2. The Morgan fingerprint density at radius 3 is 2.96 bits per heavy atom. The van der Waals surface area contributed by atoms with E-state index in [9.17, 15) is 14.9 Å². The smallest absolute Gasteiger partial charge is 0.272 e. The van der Waals surface area contributed by atoms with E-state index in [1.165, 1.54) is 40.9 Å². The van der Waals surface area contributed by atoms with E-state index >= 15 is 0 Å². The molecule has 9 heteroatoms. The summed E-state index contributed by atoms with van der Waals surface area (Å²) in [5.74, 6) is -0.384. The molecule has 134 valence electrons. The van der Waals surface area contributed by atoms with Crippen molar-refractivity contribution in [1.29, 1.82) is 0 Å². The zero-order chi connectivity index (χ0) is 18.5. The van der Waals surface area contributed by atoms with Crippen LogP contribution in [-0.4, -0.2) is 29.1 Å². The van der Waals surface area contributed by atoms with Gasteiger partial charge in [0.2, 0.25) is 0 Å². The molecule has 0 aliphatic rings. The topological polar surface area (TPSA) is 86.7 Å². The number of aromatic nitrogens is 1. The number of nitrogens with zero attached hydrogens (tertiary/aromatic N) is 3. The van der Waals surface area contributed by atoms with Crippen molar-refractivity contribution < 1.29 is 14.5 Å². The number of nitro groups is 1. The predicted molar refractivity (Wildman–Crippen MR) is 102 cm³/mol. The minimum absolute atomic E-state index is 0.00284. The number of fused-ring (bicyclic) bond motifs is 1. The lowest BCUT2D eigenvalue weighted by atomic mass is 10.3. The average molecular weight is 389 g/mol. The molecule has 0 aliphatic carbocycles. The molecule has 0 bridgehead atoms. The largest absolute Gasteiger partial charge is 0.383 e. The van der Waals surface area contributed by atoms with Gasteiger partial charge in [0.25, 0.3) is 11.6 Å². The second-order valence-electron chi connectivity index (χ2n) is 5.24. The van der Waals surface area contributed by atoms with Crippen molar-refractivity contribution >= 4 is 50.6 Å². The number of ether oxygens (including phenoxy) is 1.